The van der Waals surface area contributed by atoms with E-state index in [1.807, 2.05) is 6.92 Å². The molecule has 2 atom stereocenters. The average Bonchev–Trinajstić information content (AvgIpc) is 2.50. The van der Waals surface area contributed by atoms with Crippen LogP contribution in [0.25, 0.3) is 0 Å². The summed E-state index contributed by atoms with van der Waals surface area (Å²) in [4.78, 5) is 24.4. The van der Waals surface area contributed by atoms with E-state index in [0.29, 0.717) is 18.9 Å². The van der Waals surface area contributed by atoms with Crippen molar-refractivity contribution >= 4 is 11.8 Å². The molecule has 1 fully saturated rings. The standard InChI is InChI=1S/C11H20N2O2/c1-4-8(3)7-12-9-6-10(14)13(5-2)11(9)15/h8-9,12H,4-7H2,1-3H3. The van der Waals surface area contributed by atoms with Crippen molar-refractivity contribution in [2.45, 2.75) is 39.7 Å². The molecule has 4 heteroatoms. The third kappa shape index (κ3) is 2.78. The summed E-state index contributed by atoms with van der Waals surface area (Å²) >= 11 is 0. The first-order chi connectivity index (χ1) is 7.10. The molecule has 15 heavy (non-hydrogen) atoms. The summed E-state index contributed by atoms with van der Waals surface area (Å²) in [6.07, 6.45) is 1.41. The maximum absolute atomic E-state index is 11.7. The number of likely N-dealkylation sites (N-methyl/N-ethyl adjacent to an activating group) is 1. The molecule has 0 aromatic carbocycles. The molecule has 2 amide bonds. The Bertz CT molecular complexity index is 253. The minimum Gasteiger partial charge on any atom is -0.305 e. The molecule has 0 aromatic rings. The fraction of sp³-hybridized carbons (Fsp3) is 0.818. The molecule has 1 N–H and O–H groups in total. The maximum atomic E-state index is 11.7. The Morgan fingerprint density at radius 1 is 1.47 bits per heavy atom. The molecule has 1 aliphatic rings. The molecule has 0 saturated carbocycles. The summed E-state index contributed by atoms with van der Waals surface area (Å²) in [6, 6.07) is -0.286. The number of likely N-dealkylation sites (tertiary alicyclic amines) is 1. The zero-order chi connectivity index (χ0) is 11.4. The van der Waals surface area contributed by atoms with E-state index in [1.165, 1.54) is 4.90 Å². The van der Waals surface area contributed by atoms with E-state index in [-0.39, 0.29) is 17.9 Å². The van der Waals surface area contributed by atoms with E-state index >= 15 is 0 Å². The van der Waals surface area contributed by atoms with Gasteiger partial charge in [0.25, 0.3) is 0 Å². The monoisotopic (exact) mass is 212 g/mol. The Labute approximate surface area is 91.0 Å². The fourth-order valence-corrected chi connectivity index (χ4v) is 1.66. The van der Waals surface area contributed by atoms with Crippen LogP contribution >= 0.6 is 0 Å². The molecule has 0 bridgehead atoms. The maximum Gasteiger partial charge on any atom is 0.246 e. The Hall–Kier alpha value is -0.900. The van der Waals surface area contributed by atoms with Crippen molar-refractivity contribution in [2.75, 3.05) is 13.1 Å². The quantitative estimate of drug-likeness (QED) is 0.685. The lowest BCUT2D eigenvalue weighted by atomic mass is 10.1. The molecule has 0 radical (unpaired) electrons. The van der Waals surface area contributed by atoms with Crippen LogP contribution in [0, 0.1) is 5.92 Å². The largest absolute Gasteiger partial charge is 0.305 e. The van der Waals surface area contributed by atoms with Gasteiger partial charge in [-0.3, -0.25) is 14.5 Å². The molecular weight excluding hydrogens is 192 g/mol. The van der Waals surface area contributed by atoms with Gasteiger partial charge in [0.2, 0.25) is 11.8 Å². The molecule has 1 heterocycles. The third-order valence-corrected chi connectivity index (χ3v) is 2.97. The zero-order valence-electron chi connectivity index (χ0n) is 9.75. The number of nitrogens with one attached hydrogen (secondary N) is 1. The van der Waals surface area contributed by atoms with Gasteiger partial charge in [-0.15, -0.1) is 0 Å². The van der Waals surface area contributed by atoms with E-state index in [0.717, 1.165) is 13.0 Å². The number of nitrogens with zero attached hydrogens (tertiary/aromatic N) is 1. The second-order valence-electron chi connectivity index (χ2n) is 4.15. The van der Waals surface area contributed by atoms with Crippen LogP contribution < -0.4 is 5.32 Å². The molecule has 1 rings (SSSR count). The van der Waals surface area contributed by atoms with E-state index in [4.69, 9.17) is 0 Å². The van der Waals surface area contributed by atoms with Gasteiger partial charge in [-0.25, -0.2) is 0 Å². The van der Waals surface area contributed by atoms with Crippen LogP contribution in [0.4, 0.5) is 0 Å². The van der Waals surface area contributed by atoms with E-state index in [2.05, 4.69) is 19.2 Å². The predicted molar refractivity (Wildman–Crippen MR) is 58.3 cm³/mol. The lowest BCUT2D eigenvalue weighted by Crippen LogP contribution is -2.40. The van der Waals surface area contributed by atoms with Gasteiger partial charge in [0.05, 0.1) is 12.5 Å². The first kappa shape index (κ1) is 12.2. The second kappa shape index (κ2) is 5.26. The van der Waals surface area contributed by atoms with Crippen molar-refractivity contribution in [3.63, 3.8) is 0 Å². The topological polar surface area (TPSA) is 49.4 Å². The normalized spacial score (nSPS) is 23.7. The number of imide groups is 1. The van der Waals surface area contributed by atoms with E-state index in [1.54, 1.807) is 0 Å². The molecule has 2 unspecified atom stereocenters. The van der Waals surface area contributed by atoms with Crippen molar-refractivity contribution in [3.05, 3.63) is 0 Å². The van der Waals surface area contributed by atoms with Gasteiger partial charge in [0.15, 0.2) is 0 Å². The number of amides is 2. The molecule has 0 aromatic heterocycles. The third-order valence-electron chi connectivity index (χ3n) is 2.97. The van der Waals surface area contributed by atoms with Gasteiger partial charge in [0, 0.05) is 6.54 Å². The molecule has 0 spiro atoms. The zero-order valence-corrected chi connectivity index (χ0v) is 9.75. The SMILES string of the molecule is CCC(C)CNC1CC(=O)N(CC)C1=O. The molecule has 86 valence electrons. The van der Waals surface area contributed by atoms with Crippen LogP contribution in [-0.4, -0.2) is 35.8 Å². The van der Waals surface area contributed by atoms with Crippen LogP contribution in [0.2, 0.25) is 0 Å². The lowest BCUT2D eigenvalue weighted by molar-refractivity contribution is -0.138. The number of carbonyl (C=O) groups is 2. The van der Waals surface area contributed by atoms with Crippen LogP contribution in [-0.2, 0) is 9.59 Å². The molecule has 1 saturated heterocycles. The van der Waals surface area contributed by atoms with Gasteiger partial charge in [-0.1, -0.05) is 20.3 Å². The highest BCUT2D eigenvalue weighted by atomic mass is 16.2. The summed E-state index contributed by atoms with van der Waals surface area (Å²) in [5.41, 5.74) is 0. The predicted octanol–water partition coefficient (Wildman–Crippen LogP) is 0.769. The van der Waals surface area contributed by atoms with E-state index < -0.39 is 0 Å². The average molecular weight is 212 g/mol. The summed E-state index contributed by atoms with van der Waals surface area (Å²) in [7, 11) is 0. The minimum absolute atomic E-state index is 0.0517. The fourth-order valence-electron chi connectivity index (χ4n) is 1.66. The lowest BCUT2D eigenvalue weighted by Gasteiger charge is -2.15. The molecule has 1 aliphatic heterocycles. The highest BCUT2D eigenvalue weighted by molar-refractivity contribution is 6.05. The first-order valence-electron chi connectivity index (χ1n) is 5.67. The van der Waals surface area contributed by atoms with Gasteiger partial charge >= 0.3 is 0 Å². The second-order valence-corrected chi connectivity index (χ2v) is 4.15. The van der Waals surface area contributed by atoms with Crippen molar-refractivity contribution < 1.29 is 9.59 Å². The van der Waals surface area contributed by atoms with Crippen LogP contribution in [0.3, 0.4) is 0 Å². The Morgan fingerprint density at radius 2 is 2.13 bits per heavy atom. The van der Waals surface area contributed by atoms with Gasteiger partial charge in [0.1, 0.15) is 0 Å². The molecule has 0 aliphatic carbocycles. The Morgan fingerprint density at radius 3 is 2.60 bits per heavy atom. The van der Waals surface area contributed by atoms with Crippen molar-refractivity contribution in [1.29, 1.82) is 0 Å². The van der Waals surface area contributed by atoms with Crippen LogP contribution in [0.15, 0.2) is 0 Å². The minimum atomic E-state index is -0.286. The number of rotatable bonds is 5. The Kier molecular flexibility index (Phi) is 4.27. The summed E-state index contributed by atoms with van der Waals surface area (Å²) in [5.74, 6) is 0.429. The van der Waals surface area contributed by atoms with Crippen LogP contribution in [0.1, 0.15) is 33.6 Å². The number of carbonyl (C=O) groups excluding carboxylic acids is 2. The van der Waals surface area contributed by atoms with Gasteiger partial charge < -0.3 is 5.32 Å². The van der Waals surface area contributed by atoms with E-state index in [9.17, 15) is 9.59 Å². The highest BCUT2D eigenvalue weighted by Gasteiger charge is 2.36. The smallest absolute Gasteiger partial charge is 0.246 e. The van der Waals surface area contributed by atoms with Gasteiger partial charge in [-0.2, -0.15) is 0 Å². The van der Waals surface area contributed by atoms with Crippen molar-refractivity contribution in [3.8, 4) is 0 Å². The number of hydrogen-bond acceptors (Lipinski definition) is 3. The first-order valence-corrected chi connectivity index (χ1v) is 5.67. The number of hydrogen-bond donors (Lipinski definition) is 1. The van der Waals surface area contributed by atoms with Gasteiger partial charge in [-0.05, 0) is 19.4 Å². The summed E-state index contributed by atoms with van der Waals surface area (Å²) < 4.78 is 0. The highest BCUT2D eigenvalue weighted by Crippen LogP contribution is 2.13. The van der Waals surface area contributed by atoms with Crippen molar-refractivity contribution in [1.82, 2.24) is 10.2 Å². The molecule has 4 nitrogen and oxygen atoms in total. The Balaban J connectivity index is 2.45. The molecular formula is C11H20N2O2. The summed E-state index contributed by atoms with van der Waals surface area (Å²) in [5, 5.41) is 3.16. The van der Waals surface area contributed by atoms with Crippen LogP contribution in [0.5, 0.6) is 0 Å². The van der Waals surface area contributed by atoms with Crippen molar-refractivity contribution in [2.24, 2.45) is 5.92 Å². The summed E-state index contributed by atoms with van der Waals surface area (Å²) in [6.45, 7) is 7.36.